The van der Waals surface area contributed by atoms with E-state index in [9.17, 15) is 4.79 Å². The molecule has 19 heavy (non-hydrogen) atoms. The van der Waals surface area contributed by atoms with Gasteiger partial charge in [0.25, 0.3) is 0 Å². The van der Waals surface area contributed by atoms with Crippen LogP contribution in [0.25, 0.3) is 0 Å². The van der Waals surface area contributed by atoms with Gasteiger partial charge in [0.2, 0.25) is 5.91 Å². The number of aryl methyl sites for hydroxylation is 1. The van der Waals surface area contributed by atoms with Crippen molar-refractivity contribution in [2.75, 3.05) is 7.05 Å². The number of amides is 1. The second-order valence-corrected chi connectivity index (χ2v) is 5.92. The molecule has 0 radical (unpaired) electrons. The molecule has 0 aliphatic rings. The van der Waals surface area contributed by atoms with Crippen LogP contribution in [0, 0.1) is 0 Å². The van der Waals surface area contributed by atoms with Crippen molar-refractivity contribution in [2.45, 2.75) is 19.4 Å². The van der Waals surface area contributed by atoms with Gasteiger partial charge in [-0.3, -0.25) is 4.79 Å². The van der Waals surface area contributed by atoms with Crippen LogP contribution in [0.2, 0.25) is 5.02 Å². The highest BCUT2D eigenvalue weighted by Gasteiger charge is 2.09. The van der Waals surface area contributed by atoms with E-state index in [-0.39, 0.29) is 5.91 Å². The predicted octanol–water partition coefficient (Wildman–Crippen LogP) is 3.99. The van der Waals surface area contributed by atoms with Gasteiger partial charge in [0.15, 0.2) is 0 Å². The number of hydrogen-bond acceptors (Lipinski definition) is 2. The quantitative estimate of drug-likeness (QED) is 0.816. The van der Waals surface area contributed by atoms with Crippen molar-refractivity contribution >= 4 is 28.8 Å². The Kier molecular flexibility index (Phi) is 5.00. The maximum atomic E-state index is 12.0. The Morgan fingerprint density at radius 2 is 2.00 bits per heavy atom. The van der Waals surface area contributed by atoms with Crippen LogP contribution in [0.3, 0.4) is 0 Å². The maximum absolute atomic E-state index is 12.0. The maximum Gasteiger partial charge on any atom is 0.222 e. The van der Waals surface area contributed by atoms with Gasteiger partial charge in [-0.2, -0.15) is 0 Å². The van der Waals surface area contributed by atoms with E-state index in [0.717, 1.165) is 17.0 Å². The van der Waals surface area contributed by atoms with Gasteiger partial charge in [-0.05, 0) is 35.6 Å². The van der Waals surface area contributed by atoms with E-state index >= 15 is 0 Å². The lowest BCUT2D eigenvalue weighted by molar-refractivity contribution is -0.130. The van der Waals surface area contributed by atoms with Gasteiger partial charge >= 0.3 is 0 Å². The van der Waals surface area contributed by atoms with Crippen LogP contribution < -0.4 is 0 Å². The average Bonchev–Trinajstić information content (AvgIpc) is 2.91. The molecule has 2 nitrogen and oxygen atoms in total. The van der Waals surface area contributed by atoms with E-state index in [1.165, 1.54) is 4.88 Å². The highest BCUT2D eigenvalue weighted by atomic mass is 35.5. The molecule has 0 atom stereocenters. The zero-order valence-electron chi connectivity index (χ0n) is 10.8. The Balaban J connectivity index is 1.83. The molecule has 0 saturated heterocycles. The number of hydrogen-bond donors (Lipinski definition) is 0. The van der Waals surface area contributed by atoms with Crippen molar-refractivity contribution in [1.29, 1.82) is 0 Å². The topological polar surface area (TPSA) is 20.3 Å². The fourth-order valence-electron chi connectivity index (χ4n) is 1.83. The van der Waals surface area contributed by atoms with Crippen LogP contribution in [0.1, 0.15) is 16.9 Å². The van der Waals surface area contributed by atoms with E-state index in [4.69, 9.17) is 11.6 Å². The van der Waals surface area contributed by atoms with Crippen LogP contribution in [0.5, 0.6) is 0 Å². The number of carbonyl (C=O) groups is 1. The minimum atomic E-state index is 0.170. The standard InChI is InChI=1S/C15H16ClNOS/c1-17(11-12-4-6-13(16)7-5-12)15(18)9-8-14-3-2-10-19-14/h2-7,10H,8-9,11H2,1H3. The van der Waals surface area contributed by atoms with Crippen LogP contribution in [0.4, 0.5) is 0 Å². The Labute approximate surface area is 122 Å². The third kappa shape index (κ3) is 4.37. The van der Waals surface area contributed by atoms with Crippen molar-refractivity contribution < 1.29 is 4.79 Å². The molecule has 0 aliphatic heterocycles. The third-order valence-electron chi connectivity index (χ3n) is 2.92. The number of benzene rings is 1. The SMILES string of the molecule is CN(Cc1ccc(Cl)cc1)C(=O)CCc1cccs1. The van der Waals surface area contributed by atoms with Gasteiger partial charge in [-0.1, -0.05) is 29.8 Å². The summed E-state index contributed by atoms with van der Waals surface area (Å²) in [5, 5.41) is 2.76. The van der Waals surface area contributed by atoms with Crippen LogP contribution in [-0.2, 0) is 17.8 Å². The first-order chi connectivity index (χ1) is 9.15. The van der Waals surface area contributed by atoms with Crippen molar-refractivity contribution in [3.05, 3.63) is 57.2 Å². The molecule has 1 heterocycles. The number of rotatable bonds is 5. The first kappa shape index (κ1) is 14.1. The van der Waals surface area contributed by atoms with Crippen molar-refractivity contribution in [2.24, 2.45) is 0 Å². The first-order valence-electron chi connectivity index (χ1n) is 6.16. The summed E-state index contributed by atoms with van der Waals surface area (Å²) >= 11 is 7.53. The fourth-order valence-corrected chi connectivity index (χ4v) is 2.66. The van der Waals surface area contributed by atoms with Gasteiger partial charge in [0.05, 0.1) is 0 Å². The fraction of sp³-hybridized carbons (Fsp3) is 0.267. The smallest absolute Gasteiger partial charge is 0.222 e. The molecule has 1 amide bonds. The number of halogens is 1. The summed E-state index contributed by atoms with van der Waals surface area (Å²) in [6.07, 6.45) is 1.38. The number of carbonyl (C=O) groups excluding carboxylic acids is 1. The summed E-state index contributed by atoms with van der Waals surface area (Å²) in [7, 11) is 1.84. The zero-order chi connectivity index (χ0) is 13.7. The Morgan fingerprint density at radius 3 is 2.63 bits per heavy atom. The molecule has 0 spiro atoms. The van der Waals surface area contributed by atoms with Crippen molar-refractivity contribution in [1.82, 2.24) is 4.90 Å². The second-order valence-electron chi connectivity index (χ2n) is 4.46. The third-order valence-corrected chi connectivity index (χ3v) is 4.11. The van der Waals surface area contributed by atoms with Gasteiger partial charge in [-0.25, -0.2) is 0 Å². The van der Waals surface area contributed by atoms with E-state index in [2.05, 4.69) is 6.07 Å². The van der Waals surface area contributed by atoms with Crippen LogP contribution >= 0.6 is 22.9 Å². The van der Waals surface area contributed by atoms with Crippen LogP contribution in [-0.4, -0.2) is 17.9 Å². The normalized spacial score (nSPS) is 10.4. The molecule has 2 rings (SSSR count). The molecule has 0 N–H and O–H groups in total. The summed E-state index contributed by atoms with van der Waals surface area (Å²) < 4.78 is 0. The predicted molar refractivity (Wildman–Crippen MR) is 80.6 cm³/mol. The molecular weight excluding hydrogens is 278 g/mol. The summed E-state index contributed by atoms with van der Waals surface area (Å²) in [5.41, 5.74) is 1.09. The highest BCUT2D eigenvalue weighted by molar-refractivity contribution is 7.09. The molecule has 2 aromatic rings. The van der Waals surface area contributed by atoms with Crippen molar-refractivity contribution in [3.63, 3.8) is 0 Å². The van der Waals surface area contributed by atoms with E-state index < -0.39 is 0 Å². The molecule has 0 saturated carbocycles. The summed E-state index contributed by atoms with van der Waals surface area (Å²) in [6.45, 7) is 0.625. The molecule has 4 heteroatoms. The minimum Gasteiger partial charge on any atom is -0.341 e. The van der Waals surface area contributed by atoms with Crippen molar-refractivity contribution in [3.8, 4) is 0 Å². The Hall–Kier alpha value is -1.32. The minimum absolute atomic E-state index is 0.170. The molecule has 0 fully saturated rings. The lowest BCUT2D eigenvalue weighted by Gasteiger charge is -2.17. The molecule has 1 aromatic heterocycles. The summed E-state index contributed by atoms with van der Waals surface area (Å²) in [5.74, 6) is 0.170. The first-order valence-corrected chi connectivity index (χ1v) is 7.41. The van der Waals surface area contributed by atoms with Crippen LogP contribution in [0.15, 0.2) is 41.8 Å². The second kappa shape index (κ2) is 6.73. The number of thiophene rings is 1. The van der Waals surface area contributed by atoms with Gasteiger partial charge in [-0.15, -0.1) is 11.3 Å². The monoisotopic (exact) mass is 293 g/mol. The van der Waals surface area contributed by atoms with E-state index in [1.54, 1.807) is 16.2 Å². The van der Waals surface area contributed by atoms with E-state index in [1.807, 2.05) is 42.8 Å². The highest BCUT2D eigenvalue weighted by Crippen LogP contribution is 2.13. The largest absolute Gasteiger partial charge is 0.341 e. The van der Waals surface area contributed by atoms with Gasteiger partial charge in [0.1, 0.15) is 0 Å². The average molecular weight is 294 g/mol. The molecule has 1 aromatic carbocycles. The lowest BCUT2D eigenvalue weighted by Crippen LogP contribution is -2.26. The number of nitrogens with zero attached hydrogens (tertiary/aromatic N) is 1. The molecule has 100 valence electrons. The van der Waals surface area contributed by atoms with Gasteiger partial charge < -0.3 is 4.90 Å². The molecule has 0 aliphatic carbocycles. The Morgan fingerprint density at radius 1 is 1.26 bits per heavy atom. The van der Waals surface area contributed by atoms with Gasteiger partial charge in [0, 0.05) is 29.9 Å². The lowest BCUT2D eigenvalue weighted by atomic mass is 10.2. The zero-order valence-corrected chi connectivity index (χ0v) is 12.4. The molecular formula is C15H16ClNOS. The molecule has 0 unspecified atom stereocenters. The molecule has 0 bridgehead atoms. The van der Waals surface area contributed by atoms with E-state index in [0.29, 0.717) is 13.0 Å². The summed E-state index contributed by atoms with van der Waals surface area (Å²) in [4.78, 5) is 15.0. The summed E-state index contributed by atoms with van der Waals surface area (Å²) in [6, 6.07) is 11.7. The Bertz CT molecular complexity index is 522.